The Bertz CT molecular complexity index is 1380. The van der Waals surface area contributed by atoms with E-state index in [1.165, 1.54) is 29.2 Å². The fraction of sp³-hybridized carbons (Fsp3) is 0.0455. The fourth-order valence-corrected chi connectivity index (χ4v) is 3.88. The van der Waals surface area contributed by atoms with Gasteiger partial charge in [-0.2, -0.15) is 0 Å². The SMILES string of the molecule is Cc1c(Cl)cccc1N1C(=O)/C(=C\c2ccc(-c3ccc(Cl)c([N+](=O)[O-])c3)o2)C(=O)NC1=S. The number of nitrogens with zero attached hydrogens (tertiary/aromatic N) is 2. The molecule has 3 aromatic rings. The quantitative estimate of drug-likeness (QED) is 0.171. The molecule has 0 atom stereocenters. The summed E-state index contributed by atoms with van der Waals surface area (Å²) in [6.45, 7) is 1.73. The number of amides is 2. The van der Waals surface area contributed by atoms with E-state index in [2.05, 4.69) is 5.32 Å². The van der Waals surface area contributed by atoms with E-state index >= 15 is 0 Å². The Morgan fingerprint density at radius 1 is 1.12 bits per heavy atom. The van der Waals surface area contributed by atoms with Crippen LogP contribution < -0.4 is 10.2 Å². The average molecular weight is 502 g/mol. The Balaban J connectivity index is 1.70. The standard InChI is InChI=1S/C22H13Cl2N3O5S/c1-11-15(23)3-2-4-17(11)26-21(29)14(20(28)25-22(26)33)10-13-6-8-19(32-13)12-5-7-16(24)18(9-12)27(30)31/h2-10H,1H3,(H,25,28,33)/b14-10-. The van der Waals surface area contributed by atoms with Gasteiger partial charge in [0, 0.05) is 16.7 Å². The molecule has 2 amide bonds. The maximum absolute atomic E-state index is 13.2. The molecule has 1 fully saturated rings. The number of furan rings is 1. The van der Waals surface area contributed by atoms with Gasteiger partial charge in [-0.15, -0.1) is 0 Å². The number of hydrogen-bond donors (Lipinski definition) is 1. The molecule has 2 aromatic carbocycles. The number of nitro groups is 1. The molecule has 4 rings (SSSR count). The summed E-state index contributed by atoms with van der Waals surface area (Å²) in [5.74, 6) is -0.838. The van der Waals surface area contributed by atoms with Gasteiger partial charge in [-0.25, -0.2) is 0 Å². The molecular weight excluding hydrogens is 489 g/mol. The van der Waals surface area contributed by atoms with Crippen molar-refractivity contribution in [3.05, 3.63) is 85.6 Å². The minimum atomic E-state index is -0.680. The summed E-state index contributed by atoms with van der Waals surface area (Å²) in [5.41, 5.74) is 0.999. The van der Waals surface area contributed by atoms with Crippen molar-refractivity contribution in [3.63, 3.8) is 0 Å². The molecule has 0 saturated carbocycles. The van der Waals surface area contributed by atoms with E-state index in [-0.39, 0.29) is 27.2 Å². The minimum Gasteiger partial charge on any atom is -0.457 e. The van der Waals surface area contributed by atoms with Gasteiger partial charge in [-0.1, -0.05) is 29.3 Å². The van der Waals surface area contributed by atoms with Gasteiger partial charge in [-0.3, -0.25) is 29.9 Å². The van der Waals surface area contributed by atoms with Crippen LogP contribution in [0.1, 0.15) is 11.3 Å². The van der Waals surface area contributed by atoms with Crippen LogP contribution in [0.15, 0.2) is 58.5 Å². The van der Waals surface area contributed by atoms with Crippen molar-refractivity contribution >= 4 is 69.8 Å². The number of benzene rings is 2. The number of carbonyl (C=O) groups excluding carboxylic acids is 2. The molecule has 8 nitrogen and oxygen atoms in total. The van der Waals surface area contributed by atoms with Crippen molar-refractivity contribution < 1.29 is 18.9 Å². The lowest BCUT2D eigenvalue weighted by molar-refractivity contribution is -0.384. The Morgan fingerprint density at radius 2 is 1.88 bits per heavy atom. The minimum absolute atomic E-state index is 0.00510. The van der Waals surface area contributed by atoms with Crippen LogP contribution in [-0.2, 0) is 9.59 Å². The van der Waals surface area contributed by atoms with Gasteiger partial charge in [0.2, 0.25) is 0 Å². The lowest BCUT2D eigenvalue weighted by atomic mass is 10.1. The van der Waals surface area contributed by atoms with Gasteiger partial charge < -0.3 is 4.42 Å². The van der Waals surface area contributed by atoms with Gasteiger partial charge in [0.1, 0.15) is 22.1 Å². The highest BCUT2D eigenvalue weighted by Gasteiger charge is 2.35. The van der Waals surface area contributed by atoms with E-state index in [9.17, 15) is 19.7 Å². The molecule has 0 spiro atoms. The first-order valence-electron chi connectivity index (χ1n) is 9.38. The number of anilines is 1. The third-order valence-electron chi connectivity index (χ3n) is 4.92. The Hall–Kier alpha value is -3.53. The normalized spacial score (nSPS) is 15.2. The highest BCUT2D eigenvalue weighted by Crippen LogP contribution is 2.33. The van der Waals surface area contributed by atoms with E-state index in [0.29, 0.717) is 27.6 Å². The van der Waals surface area contributed by atoms with Crippen molar-refractivity contribution in [3.8, 4) is 11.3 Å². The fourth-order valence-electron chi connectivity index (χ4n) is 3.25. The topological polar surface area (TPSA) is 106 Å². The molecular formula is C22H13Cl2N3O5S. The number of rotatable bonds is 4. The van der Waals surface area contributed by atoms with E-state index in [0.717, 1.165) is 0 Å². The van der Waals surface area contributed by atoms with E-state index in [1.807, 2.05) is 0 Å². The van der Waals surface area contributed by atoms with Crippen LogP contribution in [0.25, 0.3) is 17.4 Å². The number of carbonyl (C=O) groups is 2. The molecule has 1 aliphatic heterocycles. The van der Waals surface area contributed by atoms with E-state index in [1.54, 1.807) is 37.3 Å². The predicted octanol–water partition coefficient (Wildman–Crippen LogP) is 5.30. The van der Waals surface area contributed by atoms with E-state index in [4.69, 9.17) is 39.8 Å². The first-order valence-corrected chi connectivity index (χ1v) is 10.5. The van der Waals surface area contributed by atoms with Crippen molar-refractivity contribution in [1.82, 2.24) is 5.32 Å². The van der Waals surface area contributed by atoms with Crippen LogP contribution in [0.4, 0.5) is 11.4 Å². The molecule has 2 heterocycles. The highest BCUT2D eigenvalue weighted by molar-refractivity contribution is 7.80. The molecule has 0 radical (unpaired) electrons. The largest absolute Gasteiger partial charge is 0.457 e. The lowest BCUT2D eigenvalue weighted by Crippen LogP contribution is -2.54. The van der Waals surface area contributed by atoms with Crippen LogP contribution in [0.3, 0.4) is 0 Å². The molecule has 1 saturated heterocycles. The molecule has 0 aliphatic carbocycles. The average Bonchev–Trinajstić information content (AvgIpc) is 3.23. The number of thiocarbonyl (C=S) groups is 1. The number of hydrogen-bond acceptors (Lipinski definition) is 6. The van der Waals surface area contributed by atoms with Gasteiger partial charge in [-0.05, 0) is 67.2 Å². The van der Waals surface area contributed by atoms with Crippen LogP contribution in [0.2, 0.25) is 10.0 Å². The smallest absolute Gasteiger partial charge is 0.288 e. The zero-order valence-corrected chi connectivity index (χ0v) is 19.1. The van der Waals surface area contributed by atoms with Crippen LogP contribution in [-0.4, -0.2) is 21.9 Å². The number of nitro benzene ring substituents is 1. The summed E-state index contributed by atoms with van der Waals surface area (Å²) in [4.78, 5) is 37.4. The zero-order chi connectivity index (χ0) is 23.9. The maximum atomic E-state index is 13.2. The van der Waals surface area contributed by atoms with Gasteiger partial charge >= 0.3 is 0 Å². The second kappa shape index (κ2) is 8.78. The molecule has 11 heteroatoms. The van der Waals surface area contributed by atoms with Gasteiger partial charge in [0.25, 0.3) is 17.5 Å². The number of nitrogens with one attached hydrogen (secondary N) is 1. The molecule has 0 unspecified atom stereocenters. The second-order valence-electron chi connectivity index (χ2n) is 6.97. The Morgan fingerprint density at radius 3 is 2.61 bits per heavy atom. The monoisotopic (exact) mass is 501 g/mol. The molecule has 166 valence electrons. The van der Waals surface area contributed by atoms with Gasteiger partial charge in [0.05, 0.1) is 10.6 Å². The first-order chi connectivity index (χ1) is 15.7. The highest BCUT2D eigenvalue weighted by atomic mass is 35.5. The summed E-state index contributed by atoms with van der Waals surface area (Å²) >= 11 is 17.2. The molecule has 0 bridgehead atoms. The van der Waals surface area contributed by atoms with Crippen molar-refractivity contribution in [1.29, 1.82) is 0 Å². The van der Waals surface area contributed by atoms with Crippen LogP contribution in [0.5, 0.6) is 0 Å². The molecule has 1 aromatic heterocycles. The Labute approximate surface area is 202 Å². The molecule has 1 aliphatic rings. The summed E-state index contributed by atoms with van der Waals surface area (Å²) in [5, 5.41) is 14.0. The van der Waals surface area contributed by atoms with E-state index < -0.39 is 16.7 Å². The lowest BCUT2D eigenvalue weighted by Gasteiger charge is -2.30. The van der Waals surface area contributed by atoms with Crippen LogP contribution >= 0.6 is 35.4 Å². The number of halogens is 2. The molecule has 33 heavy (non-hydrogen) atoms. The zero-order valence-electron chi connectivity index (χ0n) is 16.8. The summed E-state index contributed by atoms with van der Waals surface area (Å²) in [6.07, 6.45) is 1.28. The second-order valence-corrected chi connectivity index (χ2v) is 8.17. The molecule has 1 N–H and O–H groups in total. The summed E-state index contributed by atoms with van der Waals surface area (Å²) in [6, 6.07) is 12.3. The van der Waals surface area contributed by atoms with Crippen LogP contribution in [0, 0.1) is 17.0 Å². The van der Waals surface area contributed by atoms with Gasteiger partial charge in [0.15, 0.2) is 5.11 Å². The summed E-state index contributed by atoms with van der Waals surface area (Å²) < 4.78 is 5.71. The summed E-state index contributed by atoms with van der Waals surface area (Å²) in [7, 11) is 0. The third-order valence-corrected chi connectivity index (χ3v) is 5.94. The first kappa shape index (κ1) is 22.7. The van der Waals surface area contributed by atoms with Crippen molar-refractivity contribution in [2.24, 2.45) is 0 Å². The maximum Gasteiger partial charge on any atom is 0.288 e. The third kappa shape index (κ3) is 4.25. The predicted molar refractivity (Wildman–Crippen MR) is 128 cm³/mol. The Kier molecular flexibility index (Phi) is 6.03. The van der Waals surface area contributed by atoms with Crippen molar-refractivity contribution in [2.45, 2.75) is 6.92 Å². The van der Waals surface area contributed by atoms with Crippen molar-refractivity contribution in [2.75, 3.05) is 4.90 Å².